The van der Waals surface area contributed by atoms with Crippen LogP contribution in [0.5, 0.6) is 0 Å². The summed E-state index contributed by atoms with van der Waals surface area (Å²) in [5.74, 6) is -0.428. The highest BCUT2D eigenvalue weighted by Crippen LogP contribution is 2.39. The fourth-order valence-electron chi connectivity index (χ4n) is 4.71. The van der Waals surface area contributed by atoms with Gasteiger partial charge in [-0.15, -0.1) is 0 Å². The largest absolute Gasteiger partial charge is 0.417 e. The van der Waals surface area contributed by atoms with Gasteiger partial charge in [0.05, 0.1) is 5.56 Å². The van der Waals surface area contributed by atoms with Crippen molar-refractivity contribution in [2.75, 3.05) is 0 Å². The smallest absolute Gasteiger partial charge is 0.294 e. The van der Waals surface area contributed by atoms with Gasteiger partial charge in [-0.3, -0.25) is 14.7 Å². The minimum atomic E-state index is -4.49. The molecule has 1 aromatic heterocycles. The molecule has 2 aliphatic heterocycles. The normalized spacial score (nSPS) is 25.5. The predicted octanol–water partition coefficient (Wildman–Crippen LogP) is 5.12. The van der Waals surface area contributed by atoms with Gasteiger partial charge in [0.25, 0.3) is 0 Å². The molecule has 0 radical (unpaired) electrons. The lowest BCUT2D eigenvalue weighted by atomic mass is 9.75. The van der Waals surface area contributed by atoms with Crippen LogP contribution in [-0.2, 0) is 12.7 Å². The number of fused-ring (bicyclic) bond motifs is 2. The summed E-state index contributed by atoms with van der Waals surface area (Å²) in [5, 5.41) is 0. The van der Waals surface area contributed by atoms with E-state index in [1.165, 1.54) is 11.8 Å². The maximum atomic E-state index is 13.0. The Morgan fingerprint density at radius 1 is 1.07 bits per heavy atom. The molecule has 2 aromatic rings. The van der Waals surface area contributed by atoms with Crippen LogP contribution in [0.25, 0.3) is 0 Å². The van der Waals surface area contributed by atoms with Crippen molar-refractivity contribution >= 4 is 5.78 Å². The number of ketones is 1. The van der Waals surface area contributed by atoms with Gasteiger partial charge >= 0.3 is 6.18 Å². The summed E-state index contributed by atoms with van der Waals surface area (Å²) in [6.07, 6.45) is 2.18. The molecule has 0 amide bonds. The number of halogens is 3. The van der Waals surface area contributed by atoms with Crippen molar-refractivity contribution in [3.05, 3.63) is 65.5 Å². The number of Topliss-reactive ketones (excluding diaryl/α,β-unsaturated/α-hetero) is 1. The van der Waals surface area contributed by atoms with Gasteiger partial charge < -0.3 is 0 Å². The fourth-order valence-corrected chi connectivity index (χ4v) is 4.71. The Morgan fingerprint density at radius 2 is 1.75 bits per heavy atom. The highest BCUT2D eigenvalue weighted by Gasteiger charge is 2.41. The van der Waals surface area contributed by atoms with Crippen LogP contribution in [-0.4, -0.2) is 27.8 Å². The number of piperidine rings is 2. The van der Waals surface area contributed by atoms with Gasteiger partial charge in [-0.25, -0.2) is 0 Å². The molecule has 2 saturated heterocycles. The molecule has 2 aliphatic rings. The number of carbonyl (C=O) groups excluding carboxylic acids is 1. The molecule has 2 unspecified atom stereocenters. The second kappa shape index (κ2) is 7.66. The van der Waals surface area contributed by atoms with E-state index < -0.39 is 11.7 Å². The number of alkyl halides is 3. The number of rotatable bonds is 4. The maximum absolute atomic E-state index is 13.0. The van der Waals surface area contributed by atoms with Crippen molar-refractivity contribution in [2.24, 2.45) is 5.92 Å². The molecule has 2 atom stereocenters. The van der Waals surface area contributed by atoms with Crippen molar-refractivity contribution in [1.82, 2.24) is 9.88 Å². The predicted molar refractivity (Wildman–Crippen MR) is 99.7 cm³/mol. The molecule has 3 nitrogen and oxygen atoms in total. The van der Waals surface area contributed by atoms with E-state index in [1.54, 1.807) is 0 Å². The molecule has 6 heteroatoms. The van der Waals surface area contributed by atoms with E-state index in [0.717, 1.165) is 38.1 Å². The summed E-state index contributed by atoms with van der Waals surface area (Å²) < 4.78 is 38.9. The number of hydrogen-bond donors (Lipinski definition) is 0. The summed E-state index contributed by atoms with van der Waals surface area (Å²) in [6, 6.07) is 11.8. The fraction of sp³-hybridized carbons (Fsp3) is 0.455. The minimum absolute atomic E-state index is 0.0782. The first-order valence-corrected chi connectivity index (χ1v) is 9.78. The first kappa shape index (κ1) is 19.1. The zero-order chi connectivity index (χ0) is 19.7. The van der Waals surface area contributed by atoms with E-state index >= 15 is 0 Å². The Balaban J connectivity index is 1.50. The van der Waals surface area contributed by atoms with Crippen LogP contribution >= 0.6 is 0 Å². The third-order valence-electron chi connectivity index (χ3n) is 6.05. The molecule has 148 valence electrons. The summed E-state index contributed by atoms with van der Waals surface area (Å²) in [5.41, 5.74) is 0.473. The number of hydrogen-bond acceptors (Lipinski definition) is 3. The number of nitrogens with zero attached hydrogens (tertiary/aromatic N) is 2. The summed E-state index contributed by atoms with van der Waals surface area (Å²) in [4.78, 5) is 19.1. The van der Waals surface area contributed by atoms with E-state index in [4.69, 9.17) is 0 Å². The van der Waals surface area contributed by atoms with Crippen LogP contribution in [0.2, 0.25) is 0 Å². The molecule has 28 heavy (non-hydrogen) atoms. The van der Waals surface area contributed by atoms with Gasteiger partial charge in [0.1, 0.15) is 0 Å². The monoisotopic (exact) mass is 388 g/mol. The lowest BCUT2D eigenvalue weighted by Gasteiger charge is -2.48. The minimum Gasteiger partial charge on any atom is -0.294 e. The van der Waals surface area contributed by atoms with Gasteiger partial charge in [0.15, 0.2) is 5.78 Å². The van der Waals surface area contributed by atoms with E-state index in [-0.39, 0.29) is 17.3 Å². The summed E-state index contributed by atoms with van der Waals surface area (Å²) >= 11 is 0. The van der Waals surface area contributed by atoms with E-state index in [9.17, 15) is 18.0 Å². The second-order valence-electron chi connectivity index (χ2n) is 7.89. The van der Waals surface area contributed by atoms with Crippen molar-refractivity contribution in [2.45, 2.75) is 56.9 Å². The molecule has 3 heterocycles. The third kappa shape index (κ3) is 3.97. The average Bonchev–Trinajstić information content (AvgIpc) is 2.67. The molecule has 0 saturated carbocycles. The maximum Gasteiger partial charge on any atom is 0.417 e. The van der Waals surface area contributed by atoms with E-state index in [1.807, 2.05) is 18.2 Å². The zero-order valence-corrected chi connectivity index (χ0v) is 15.5. The number of pyridine rings is 1. The third-order valence-corrected chi connectivity index (χ3v) is 6.05. The standard InChI is InChI=1S/C22H23F3N2O/c23-22(24,25)18-9-17(12-26-13-18)21(28)16-10-19-7-4-8-20(11-16)27(19)14-15-5-2-1-3-6-15/h1-3,5-6,9,12-13,16,19-20H,4,7-8,10-11,14H2. The van der Waals surface area contributed by atoms with Crippen molar-refractivity contribution in [3.63, 3.8) is 0 Å². The van der Waals surface area contributed by atoms with Crippen molar-refractivity contribution in [1.29, 1.82) is 0 Å². The van der Waals surface area contributed by atoms with Crippen LogP contribution < -0.4 is 0 Å². The Morgan fingerprint density at radius 3 is 2.39 bits per heavy atom. The molecule has 0 spiro atoms. The molecule has 0 N–H and O–H groups in total. The van der Waals surface area contributed by atoms with Gasteiger partial charge in [0.2, 0.25) is 0 Å². The van der Waals surface area contributed by atoms with Gasteiger partial charge in [-0.1, -0.05) is 36.8 Å². The van der Waals surface area contributed by atoms with Crippen LogP contribution in [0, 0.1) is 5.92 Å². The quantitative estimate of drug-likeness (QED) is 0.682. The number of benzene rings is 1. The molecule has 0 aliphatic carbocycles. The van der Waals surface area contributed by atoms with Crippen LogP contribution in [0.4, 0.5) is 13.2 Å². The summed E-state index contributed by atoms with van der Waals surface area (Å²) in [6.45, 7) is 0.863. The molecular weight excluding hydrogens is 365 g/mol. The van der Waals surface area contributed by atoms with Crippen LogP contribution in [0.3, 0.4) is 0 Å². The number of carbonyl (C=O) groups is 1. The highest BCUT2D eigenvalue weighted by atomic mass is 19.4. The Kier molecular flexibility index (Phi) is 5.23. The zero-order valence-electron chi connectivity index (χ0n) is 15.5. The van der Waals surface area contributed by atoms with Gasteiger partial charge in [0, 0.05) is 42.5 Å². The summed E-state index contributed by atoms with van der Waals surface area (Å²) in [7, 11) is 0. The SMILES string of the molecule is O=C(c1cncc(C(F)(F)F)c1)C1CC2CCCC(C1)N2Cc1ccccc1. The topological polar surface area (TPSA) is 33.2 Å². The first-order chi connectivity index (χ1) is 13.4. The lowest BCUT2D eigenvalue weighted by molar-refractivity contribution is -0.137. The Hall–Kier alpha value is -2.21. The van der Waals surface area contributed by atoms with Crippen LogP contribution in [0.1, 0.15) is 53.6 Å². The molecule has 2 bridgehead atoms. The molecule has 2 fully saturated rings. The highest BCUT2D eigenvalue weighted by molar-refractivity contribution is 5.97. The van der Waals surface area contributed by atoms with Crippen molar-refractivity contribution < 1.29 is 18.0 Å². The van der Waals surface area contributed by atoms with E-state index in [2.05, 4.69) is 22.0 Å². The second-order valence-corrected chi connectivity index (χ2v) is 7.89. The molecular formula is C22H23F3N2O. The first-order valence-electron chi connectivity index (χ1n) is 9.78. The lowest BCUT2D eigenvalue weighted by Crippen LogP contribution is -2.52. The average molecular weight is 388 g/mol. The molecule has 1 aromatic carbocycles. The van der Waals surface area contributed by atoms with Gasteiger partial charge in [-0.05, 0) is 37.3 Å². The van der Waals surface area contributed by atoms with Crippen LogP contribution in [0.15, 0.2) is 48.8 Å². The van der Waals surface area contributed by atoms with E-state index in [0.29, 0.717) is 24.9 Å². The number of aromatic nitrogens is 1. The Bertz CT molecular complexity index is 823. The Labute approximate surface area is 162 Å². The molecule has 4 rings (SSSR count). The van der Waals surface area contributed by atoms with Gasteiger partial charge in [-0.2, -0.15) is 13.2 Å². The van der Waals surface area contributed by atoms with Crippen molar-refractivity contribution in [3.8, 4) is 0 Å².